The second kappa shape index (κ2) is 11.4. The van der Waals surface area contributed by atoms with Crippen molar-refractivity contribution in [1.29, 1.82) is 0 Å². The highest BCUT2D eigenvalue weighted by Crippen LogP contribution is 2.39. The van der Waals surface area contributed by atoms with Crippen molar-refractivity contribution >= 4 is 34.8 Å². The third-order valence-electron chi connectivity index (χ3n) is 5.83. The number of hydrogen-bond acceptors (Lipinski definition) is 1. The Morgan fingerprint density at radius 2 is 1.08 bits per heavy atom. The highest BCUT2D eigenvalue weighted by molar-refractivity contribution is 7.84. The molecule has 0 radical (unpaired) electrons. The van der Waals surface area contributed by atoms with Gasteiger partial charge in [-0.3, -0.25) is 0 Å². The summed E-state index contributed by atoms with van der Waals surface area (Å²) < 4.78 is 88.1. The normalized spacial score (nSPS) is 13.5. The van der Waals surface area contributed by atoms with Crippen LogP contribution in [-0.2, 0) is 11.0 Å². The zero-order chi connectivity index (χ0) is 27.6. The van der Waals surface area contributed by atoms with Crippen LogP contribution in [0.2, 0.25) is 0 Å². The Labute approximate surface area is 222 Å². The minimum absolute atomic E-state index is 0.257. The van der Waals surface area contributed by atoms with Gasteiger partial charge in [-0.15, -0.1) is 0 Å². The molecule has 0 amide bonds. The zero-order valence-corrected chi connectivity index (χ0v) is 22.5. The van der Waals surface area contributed by atoms with Crippen molar-refractivity contribution in [3.05, 3.63) is 125 Å². The first-order valence-electron chi connectivity index (χ1n) is 11.7. The van der Waals surface area contributed by atoms with Gasteiger partial charge in [-0.2, -0.15) is 0 Å². The van der Waals surface area contributed by atoms with Crippen molar-refractivity contribution in [2.24, 2.45) is 0 Å². The molecule has 4 aromatic rings. The van der Waals surface area contributed by atoms with Gasteiger partial charge in [0.25, 0.3) is 0 Å². The Morgan fingerprint density at radius 3 is 1.55 bits per heavy atom. The van der Waals surface area contributed by atoms with E-state index in [0.717, 1.165) is 10.6 Å². The lowest BCUT2D eigenvalue weighted by Crippen LogP contribution is -2.39. The molecule has 0 saturated carbocycles. The van der Waals surface area contributed by atoms with E-state index in [1.165, 1.54) is 0 Å². The summed E-state index contributed by atoms with van der Waals surface area (Å²) in [5, 5.41) is 2.44. The second-order valence-electron chi connectivity index (χ2n) is 9.48. The molecule has 0 aliphatic carbocycles. The first kappa shape index (κ1) is 28.1. The minimum Gasteiger partial charge on any atom is -0.242 e. The van der Waals surface area contributed by atoms with E-state index in [2.05, 4.69) is 4.72 Å². The van der Waals surface area contributed by atoms with Crippen LogP contribution in [0.3, 0.4) is 0 Å². The molecule has 2 atom stereocenters. The molecule has 9 heteroatoms. The Kier molecular flexibility index (Phi) is 8.46. The molecule has 1 N–H and O–H groups in total. The standard InChI is InChI=1S/C29H25F5NOPS/c1-29(2,3)38(36)35-28(22-23(30)25(32)27(34)26(33)24(22)31)20-16-10-11-17-21(20)37(18-12-6-4-7-13-18)19-14-8-5-9-15-19/h4-17,28,35H,1-3H3/t28-,38-/m1/s1. The highest BCUT2D eigenvalue weighted by Gasteiger charge is 2.36. The SMILES string of the molecule is CC(C)(C)[S@@](=O)N[C@H](c1ccccc1P(c1ccccc1)c1ccccc1)c1c(F)c(F)c(F)c(F)c1F. The van der Waals surface area contributed by atoms with Crippen molar-refractivity contribution in [2.45, 2.75) is 31.6 Å². The van der Waals surface area contributed by atoms with E-state index in [4.69, 9.17) is 0 Å². The lowest BCUT2D eigenvalue weighted by Gasteiger charge is -2.29. The van der Waals surface area contributed by atoms with E-state index in [9.17, 15) is 17.4 Å². The van der Waals surface area contributed by atoms with Crippen LogP contribution in [-0.4, -0.2) is 8.96 Å². The van der Waals surface area contributed by atoms with Crippen molar-refractivity contribution in [3.63, 3.8) is 0 Å². The van der Waals surface area contributed by atoms with Crippen LogP contribution in [0.1, 0.15) is 37.9 Å². The van der Waals surface area contributed by atoms with Crippen LogP contribution in [0.4, 0.5) is 22.0 Å². The summed E-state index contributed by atoms with van der Waals surface area (Å²) in [4.78, 5) is 0. The molecule has 0 fully saturated rings. The van der Waals surface area contributed by atoms with Crippen LogP contribution in [0.25, 0.3) is 0 Å². The minimum atomic E-state index is -2.25. The lowest BCUT2D eigenvalue weighted by atomic mass is 9.97. The fourth-order valence-electron chi connectivity index (χ4n) is 3.95. The summed E-state index contributed by atoms with van der Waals surface area (Å²) in [5.74, 6) is -10.3. The van der Waals surface area contributed by atoms with Gasteiger partial charge in [0, 0.05) is 0 Å². The number of rotatable bonds is 7. The molecule has 0 aromatic heterocycles. The Morgan fingerprint density at radius 1 is 0.658 bits per heavy atom. The van der Waals surface area contributed by atoms with Crippen molar-refractivity contribution in [2.75, 3.05) is 0 Å². The first-order valence-corrected chi connectivity index (χ1v) is 14.2. The molecule has 0 aliphatic heterocycles. The molecule has 0 bridgehead atoms. The van der Waals surface area contributed by atoms with Crippen molar-refractivity contribution in [3.8, 4) is 0 Å². The van der Waals surface area contributed by atoms with E-state index in [1.54, 1.807) is 45.0 Å². The van der Waals surface area contributed by atoms with Crippen LogP contribution < -0.4 is 20.6 Å². The van der Waals surface area contributed by atoms with E-state index < -0.39 is 64.3 Å². The molecule has 4 aromatic carbocycles. The summed E-state index contributed by atoms with van der Waals surface area (Å²) in [6, 6.07) is 23.9. The van der Waals surface area contributed by atoms with Crippen molar-refractivity contribution in [1.82, 2.24) is 4.72 Å². The lowest BCUT2D eigenvalue weighted by molar-refractivity contribution is 0.365. The van der Waals surface area contributed by atoms with Gasteiger partial charge in [0.1, 0.15) is 0 Å². The summed E-state index contributed by atoms with van der Waals surface area (Å²) in [6.45, 7) is 4.91. The van der Waals surface area contributed by atoms with Gasteiger partial charge in [-0.25, -0.2) is 30.9 Å². The van der Waals surface area contributed by atoms with Gasteiger partial charge in [0.2, 0.25) is 5.82 Å². The molecule has 0 saturated heterocycles. The number of benzene rings is 4. The van der Waals surface area contributed by atoms with Gasteiger partial charge in [-0.1, -0.05) is 84.9 Å². The van der Waals surface area contributed by atoms with E-state index >= 15 is 8.78 Å². The summed E-state index contributed by atoms with van der Waals surface area (Å²) >= 11 is 0. The van der Waals surface area contributed by atoms with Crippen LogP contribution in [0, 0.1) is 29.1 Å². The summed E-state index contributed by atoms with van der Waals surface area (Å²) in [5.41, 5.74) is -0.824. The molecule has 0 aliphatic rings. The molecule has 38 heavy (non-hydrogen) atoms. The third kappa shape index (κ3) is 5.58. The summed E-state index contributed by atoms with van der Waals surface area (Å²) in [6.07, 6.45) is 0. The fraction of sp³-hybridized carbons (Fsp3) is 0.172. The van der Waals surface area contributed by atoms with E-state index in [1.807, 2.05) is 60.7 Å². The third-order valence-corrected chi connectivity index (χ3v) is 9.91. The quantitative estimate of drug-likeness (QED) is 0.122. The van der Waals surface area contributed by atoms with Crippen LogP contribution in [0.15, 0.2) is 84.9 Å². The smallest absolute Gasteiger partial charge is 0.200 e. The van der Waals surface area contributed by atoms with Gasteiger partial charge in [0.15, 0.2) is 23.3 Å². The molecular formula is C29H25F5NOPS. The number of halogens is 5. The van der Waals surface area contributed by atoms with E-state index in [-0.39, 0.29) is 5.56 Å². The topological polar surface area (TPSA) is 29.1 Å². The molecule has 0 spiro atoms. The highest BCUT2D eigenvalue weighted by atomic mass is 32.2. The van der Waals surface area contributed by atoms with Gasteiger partial charge in [0.05, 0.1) is 27.3 Å². The predicted octanol–water partition coefficient (Wildman–Crippen LogP) is 6.28. The fourth-order valence-corrected chi connectivity index (χ4v) is 7.26. The average Bonchev–Trinajstić information content (AvgIpc) is 2.91. The second-order valence-corrected chi connectivity index (χ2v) is 13.7. The largest absolute Gasteiger partial charge is 0.242 e. The summed E-state index contributed by atoms with van der Waals surface area (Å²) in [7, 11) is -3.26. The Hall–Kier alpha value is -2.93. The maximum Gasteiger partial charge on any atom is 0.200 e. The maximum absolute atomic E-state index is 15.2. The molecule has 198 valence electrons. The maximum atomic E-state index is 15.2. The van der Waals surface area contributed by atoms with E-state index in [0.29, 0.717) is 5.30 Å². The van der Waals surface area contributed by atoms with Crippen molar-refractivity contribution < 1.29 is 26.2 Å². The monoisotopic (exact) mass is 561 g/mol. The van der Waals surface area contributed by atoms with Gasteiger partial charge < -0.3 is 0 Å². The van der Waals surface area contributed by atoms with Gasteiger partial charge in [-0.05, 0) is 50.2 Å². The molecule has 2 nitrogen and oxygen atoms in total. The first-order chi connectivity index (χ1) is 18.0. The molecule has 0 unspecified atom stereocenters. The Balaban J connectivity index is 2.03. The molecule has 4 rings (SSSR count). The molecular weight excluding hydrogens is 536 g/mol. The zero-order valence-electron chi connectivity index (χ0n) is 20.8. The predicted molar refractivity (Wildman–Crippen MR) is 144 cm³/mol. The van der Waals surface area contributed by atoms with Crippen LogP contribution >= 0.6 is 7.92 Å². The Bertz CT molecular complexity index is 1390. The number of nitrogens with one attached hydrogen (secondary N) is 1. The average molecular weight is 562 g/mol. The van der Waals surface area contributed by atoms with Crippen LogP contribution in [0.5, 0.6) is 0 Å². The number of hydrogen-bond donors (Lipinski definition) is 1. The molecule has 0 heterocycles. The van der Waals surface area contributed by atoms with Gasteiger partial charge >= 0.3 is 0 Å².